The van der Waals surface area contributed by atoms with Crippen LogP contribution < -0.4 is 5.32 Å². The summed E-state index contributed by atoms with van der Waals surface area (Å²) in [6.07, 6.45) is 3.50. The minimum Gasteiger partial charge on any atom is -0.323 e. The molecule has 3 rings (SSSR count). The van der Waals surface area contributed by atoms with Crippen LogP contribution in [-0.4, -0.2) is 30.4 Å². The third-order valence-corrected chi connectivity index (χ3v) is 4.78. The molecular weight excluding hydrogens is 428 g/mol. The number of benzene rings is 1. The fraction of sp³-hybridized carbons (Fsp3) is 0.278. The number of amides is 1. The summed E-state index contributed by atoms with van der Waals surface area (Å²) in [6.45, 7) is 4.07. The number of carbonyl (C=O) groups is 1. The van der Waals surface area contributed by atoms with Crippen molar-refractivity contribution in [1.82, 2.24) is 19.6 Å². The first-order chi connectivity index (χ1) is 13.3. The van der Waals surface area contributed by atoms with Crippen molar-refractivity contribution < 1.29 is 9.72 Å². The summed E-state index contributed by atoms with van der Waals surface area (Å²) >= 11 is 3.40. The van der Waals surface area contributed by atoms with Crippen LogP contribution >= 0.6 is 15.9 Å². The Morgan fingerprint density at radius 1 is 1.29 bits per heavy atom. The van der Waals surface area contributed by atoms with Gasteiger partial charge in [0, 0.05) is 17.1 Å². The molecule has 0 saturated heterocycles. The van der Waals surface area contributed by atoms with E-state index in [4.69, 9.17) is 0 Å². The number of hydrogen-bond acceptors (Lipinski definition) is 5. The van der Waals surface area contributed by atoms with Crippen molar-refractivity contribution in [3.8, 4) is 0 Å². The molecule has 28 heavy (non-hydrogen) atoms. The van der Waals surface area contributed by atoms with Gasteiger partial charge in [0.1, 0.15) is 11.4 Å². The van der Waals surface area contributed by atoms with Crippen molar-refractivity contribution in [3.05, 3.63) is 68.2 Å². The highest BCUT2D eigenvalue weighted by molar-refractivity contribution is 9.10. The van der Waals surface area contributed by atoms with E-state index in [-0.39, 0.29) is 24.6 Å². The molecule has 0 aliphatic carbocycles. The third-order valence-electron chi connectivity index (χ3n) is 4.25. The van der Waals surface area contributed by atoms with Crippen LogP contribution in [-0.2, 0) is 17.9 Å². The zero-order valence-corrected chi connectivity index (χ0v) is 17.0. The van der Waals surface area contributed by atoms with E-state index in [0.717, 1.165) is 10.0 Å². The van der Waals surface area contributed by atoms with E-state index in [0.29, 0.717) is 23.6 Å². The number of rotatable bonds is 7. The fourth-order valence-electron chi connectivity index (χ4n) is 2.89. The number of anilines is 1. The number of aryl methyl sites for hydroxylation is 2. The molecule has 0 bridgehead atoms. The molecule has 2 heterocycles. The third kappa shape index (κ3) is 4.63. The molecule has 2 aromatic heterocycles. The van der Waals surface area contributed by atoms with E-state index < -0.39 is 4.92 Å². The molecule has 0 aliphatic heterocycles. The SMILES string of the molecule is Cc1nn(CCC(=O)Nc2cnn(Cc3ccc(Br)cc3)c2)c(C)c1[N+](=O)[O-]. The van der Waals surface area contributed by atoms with Crippen LogP contribution in [0.5, 0.6) is 0 Å². The number of nitro groups is 1. The smallest absolute Gasteiger partial charge is 0.312 e. The monoisotopic (exact) mass is 446 g/mol. The highest BCUT2D eigenvalue weighted by Crippen LogP contribution is 2.22. The summed E-state index contributed by atoms with van der Waals surface area (Å²) in [5.41, 5.74) is 2.47. The Kier molecular flexibility index (Phi) is 5.88. The number of halogens is 1. The number of carbonyl (C=O) groups excluding carboxylic acids is 1. The predicted octanol–water partition coefficient (Wildman–Crippen LogP) is 3.44. The summed E-state index contributed by atoms with van der Waals surface area (Å²) in [5.74, 6) is -0.210. The topological polar surface area (TPSA) is 108 Å². The Hall–Kier alpha value is -3.01. The van der Waals surface area contributed by atoms with Crippen LogP contribution in [0.4, 0.5) is 11.4 Å². The number of nitrogens with one attached hydrogen (secondary N) is 1. The van der Waals surface area contributed by atoms with E-state index in [9.17, 15) is 14.9 Å². The summed E-state index contributed by atoms with van der Waals surface area (Å²) in [6, 6.07) is 7.92. The average Bonchev–Trinajstić information content (AvgIpc) is 3.18. The number of aromatic nitrogens is 4. The fourth-order valence-corrected chi connectivity index (χ4v) is 3.16. The first kappa shape index (κ1) is 19.7. The molecule has 0 unspecified atom stereocenters. The molecule has 1 amide bonds. The number of hydrogen-bond donors (Lipinski definition) is 1. The van der Waals surface area contributed by atoms with Crippen LogP contribution in [0.2, 0.25) is 0 Å². The molecular formula is C18H19BrN6O3. The summed E-state index contributed by atoms with van der Waals surface area (Å²) in [7, 11) is 0. The second kappa shape index (κ2) is 8.34. The van der Waals surface area contributed by atoms with Crippen molar-refractivity contribution >= 4 is 33.2 Å². The maximum Gasteiger partial charge on any atom is 0.312 e. The standard InChI is InChI=1S/C18H19BrN6O3/c1-12-18(25(27)28)13(2)24(22-12)8-7-17(26)21-16-9-20-23(11-16)10-14-3-5-15(19)6-4-14/h3-6,9,11H,7-8,10H2,1-2H3,(H,21,26). The first-order valence-corrected chi connectivity index (χ1v) is 9.38. The molecule has 1 N–H and O–H groups in total. The molecule has 9 nitrogen and oxygen atoms in total. The van der Waals surface area contributed by atoms with Crippen LogP contribution in [0.15, 0.2) is 41.1 Å². The van der Waals surface area contributed by atoms with Crippen molar-refractivity contribution in [2.75, 3.05) is 5.32 Å². The van der Waals surface area contributed by atoms with Crippen molar-refractivity contribution in [3.63, 3.8) is 0 Å². The minimum atomic E-state index is -0.450. The van der Waals surface area contributed by atoms with Crippen LogP contribution in [0.25, 0.3) is 0 Å². The van der Waals surface area contributed by atoms with Gasteiger partial charge in [0.05, 0.1) is 29.9 Å². The van der Waals surface area contributed by atoms with E-state index in [2.05, 4.69) is 31.4 Å². The van der Waals surface area contributed by atoms with Crippen molar-refractivity contribution in [2.45, 2.75) is 33.4 Å². The molecule has 1 aromatic carbocycles. The molecule has 146 valence electrons. The first-order valence-electron chi connectivity index (χ1n) is 8.58. The number of nitrogens with zero attached hydrogens (tertiary/aromatic N) is 5. The Morgan fingerprint density at radius 2 is 2.00 bits per heavy atom. The highest BCUT2D eigenvalue weighted by atomic mass is 79.9. The van der Waals surface area contributed by atoms with Crippen LogP contribution in [0.1, 0.15) is 23.4 Å². The van der Waals surface area contributed by atoms with E-state index in [1.807, 2.05) is 24.3 Å². The average molecular weight is 447 g/mol. The lowest BCUT2D eigenvalue weighted by atomic mass is 10.2. The normalized spacial score (nSPS) is 10.8. The van der Waals surface area contributed by atoms with Gasteiger partial charge in [-0.3, -0.25) is 24.3 Å². The molecule has 10 heteroatoms. The van der Waals surface area contributed by atoms with Crippen LogP contribution in [0.3, 0.4) is 0 Å². The molecule has 0 spiro atoms. The maximum atomic E-state index is 12.2. The molecule has 0 fully saturated rings. The Balaban J connectivity index is 1.56. The Labute approximate surface area is 169 Å². The highest BCUT2D eigenvalue weighted by Gasteiger charge is 2.21. The van der Waals surface area contributed by atoms with E-state index in [1.54, 1.807) is 30.9 Å². The molecule has 0 saturated carbocycles. The summed E-state index contributed by atoms with van der Waals surface area (Å²) in [4.78, 5) is 22.8. The lowest BCUT2D eigenvalue weighted by Gasteiger charge is -2.05. The van der Waals surface area contributed by atoms with Gasteiger partial charge < -0.3 is 5.32 Å². The molecule has 0 atom stereocenters. The summed E-state index contributed by atoms with van der Waals surface area (Å²) < 4.78 is 4.24. The molecule has 3 aromatic rings. The largest absolute Gasteiger partial charge is 0.323 e. The second-order valence-electron chi connectivity index (χ2n) is 6.35. The zero-order valence-electron chi connectivity index (χ0n) is 15.4. The van der Waals surface area contributed by atoms with Crippen molar-refractivity contribution in [2.24, 2.45) is 0 Å². The van der Waals surface area contributed by atoms with Gasteiger partial charge in [-0.2, -0.15) is 10.2 Å². The van der Waals surface area contributed by atoms with E-state index in [1.165, 1.54) is 4.68 Å². The van der Waals surface area contributed by atoms with Gasteiger partial charge in [0.15, 0.2) is 0 Å². The molecule has 0 aliphatic rings. The van der Waals surface area contributed by atoms with Gasteiger partial charge in [-0.05, 0) is 31.5 Å². The van der Waals surface area contributed by atoms with Crippen LogP contribution in [0, 0.1) is 24.0 Å². The maximum absolute atomic E-state index is 12.2. The predicted molar refractivity (Wildman–Crippen MR) is 107 cm³/mol. The van der Waals surface area contributed by atoms with Gasteiger partial charge in [-0.1, -0.05) is 28.1 Å². The van der Waals surface area contributed by atoms with Gasteiger partial charge in [0.2, 0.25) is 5.91 Å². The van der Waals surface area contributed by atoms with Gasteiger partial charge >= 0.3 is 5.69 Å². The quantitative estimate of drug-likeness (QED) is 0.441. The Morgan fingerprint density at radius 3 is 2.64 bits per heavy atom. The van der Waals surface area contributed by atoms with E-state index >= 15 is 0 Å². The zero-order chi connectivity index (χ0) is 20.3. The van der Waals surface area contributed by atoms with Gasteiger partial charge in [-0.25, -0.2) is 0 Å². The van der Waals surface area contributed by atoms with Gasteiger partial charge in [0.25, 0.3) is 0 Å². The lowest BCUT2D eigenvalue weighted by Crippen LogP contribution is -2.15. The second-order valence-corrected chi connectivity index (χ2v) is 7.27. The minimum absolute atomic E-state index is 0.00498. The van der Waals surface area contributed by atoms with Gasteiger partial charge in [-0.15, -0.1) is 0 Å². The lowest BCUT2D eigenvalue weighted by molar-refractivity contribution is -0.386. The summed E-state index contributed by atoms with van der Waals surface area (Å²) in [5, 5.41) is 22.2. The molecule has 0 radical (unpaired) electrons. The van der Waals surface area contributed by atoms with Crippen molar-refractivity contribution in [1.29, 1.82) is 0 Å². The Bertz CT molecular complexity index is 1010.